The van der Waals surface area contributed by atoms with E-state index >= 15 is 0 Å². The lowest BCUT2D eigenvalue weighted by Crippen LogP contribution is -2.26. The second-order valence-corrected chi connectivity index (χ2v) is 4.53. The lowest BCUT2D eigenvalue weighted by molar-refractivity contribution is -0.123. The maximum Gasteiger partial charge on any atom is 0.339 e. The Morgan fingerprint density at radius 3 is 2.88 bits per heavy atom. The van der Waals surface area contributed by atoms with Crippen LogP contribution in [0.2, 0.25) is 0 Å². The van der Waals surface area contributed by atoms with Crippen molar-refractivity contribution in [1.82, 2.24) is 5.32 Å². The number of rotatable bonds is 3. The quantitative estimate of drug-likeness (QED) is 0.803. The molecule has 1 aliphatic carbocycles. The summed E-state index contributed by atoms with van der Waals surface area (Å²) < 4.78 is 5.20. The van der Waals surface area contributed by atoms with E-state index in [1.807, 2.05) is 12.1 Å². The minimum Gasteiger partial charge on any atom is -0.453 e. The average molecular weight is 231 g/mol. The highest BCUT2D eigenvalue weighted by Crippen LogP contribution is 2.32. The number of esters is 1. The zero-order valence-corrected chi connectivity index (χ0v) is 9.31. The maximum atomic E-state index is 11.7. The molecule has 0 bridgehead atoms. The van der Waals surface area contributed by atoms with Crippen LogP contribution in [-0.4, -0.2) is 17.9 Å². The molecule has 3 rings (SSSR count). The smallest absolute Gasteiger partial charge is 0.339 e. The van der Waals surface area contributed by atoms with Gasteiger partial charge < -0.3 is 10.1 Å². The van der Waals surface area contributed by atoms with Crippen LogP contribution in [0.25, 0.3) is 0 Å². The third-order valence-corrected chi connectivity index (χ3v) is 3.09. The number of hydrogen-bond donors (Lipinski definition) is 1. The number of nitrogens with one attached hydrogen (secondary N) is 1. The number of benzene rings is 1. The first kappa shape index (κ1) is 10.3. The fraction of sp³-hybridized carbons (Fsp3) is 0.385. The summed E-state index contributed by atoms with van der Waals surface area (Å²) in [6, 6.07) is 7.57. The largest absolute Gasteiger partial charge is 0.453 e. The standard InChI is InChI=1S/C13H13NO3/c15-12(14-8-5-6-8)7-11-9-3-1-2-4-10(9)13(16)17-11/h1-4,8,11H,5-7H2,(H,14,15). The highest BCUT2D eigenvalue weighted by atomic mass is 16.5. The highest BCUT2D eigenvalue weighted by molar-refractivity contribution is 5.94. The Balaban J connectivity index is 1.72. The second kappa shape index (κ2) is 3.87. The SMILES string of the molecule is O=C(CC1OC(=O)c2ccccc21)NC1CC1. The average Bonchev–Trinajstić information content (AvgIpc) is 3.06. The van der Waals surface area contributed by atoms with E-state index in [0.717, 1.165) is 18.4 Å². The van der Waals surface area contributed by atoms with E-state index in [4.69, 9.17) is 4.74 Å². The number of cyclic esters (lactones) is 1. The summed E-state index contributed by atoms with van der Waals surface area (Å²) in [5.74, 6) is -0.369. The van der Waals surface area contributed by atoms with Gasteiger partial charge in [-0.25, -0.2) is 4.79 Å². The van der Waals surface area contributed by atoms with Gasteiger partial charge in [-0.2, -0.15) is 0 Å². The molecular formula is C13H13NO3. The van der Waals surface area contributed by atoms with Gasteiger partial charge in [0.1, 0.15) is 6.10 Å². The predicted molar refractivity (Wildman–Crippen MR) is 60.4 cm³/mol. The summed E-state index contributed by atoms with van der Waals surface area (Å²) >= 11 is 0. The van der Waals surface area contributed by atoms with Crippen molar-refractivity contribution in [2.45, 2.75) is 31.4 Å². The van der Waals surface area contributed by atoms with Crippen molar-refractivity contribution in [3.63, 3.8) is 0 Å². The summed E-state index contributed by atoms with van der Waals surface area (Å²) in [7, 11) is 0. The van der Waals surface area contributed by atoms with Crippen LogP contribution in [0.3, 0.4) is 0 Å². The van der Waals surface area contributed by atoms with E-state index in [1.165, 1.54) is 0 Å². The minimum absolute atomic E-state index is 0.0398. The monoisotopic (exact) mass is 231 g/mol. The molecule has 1 heterocycles. The molecule has 17 heavy (non-hydrogen) atoms. The number of carbonyl (C=O) groups excluding carboxylic acids is 2. The Morgan fingerprint density at radius 2 is 2.12 bits per heavy atom. The molecule has 1 saturated carbocycles. The van der Waals surface area contributed by atoms with Gasteiger partial charge in [-0.3, -0.25) is 4.79 Å². The van der Waals surface area contributed by atoms with Crippen LogP contribution in [0.5, 0.6) is 0 Å². The Kier molecular flexibility index (Phi) is 2.35. The Bertz CT molecular complexity index is 479. The van der Waals surface area contributed by atoms with Crippen LogP contribution >= 0.6 is 0 Å². The van der Waals surface area contributed by atoms with Gasteiger partial charge in [0.15, 0.2) is 0 Å². The molecule has 1 amide bonds. The zero-order chi connectivity index (χ0) is 11.8. The van der Waals surface area contributed by atoms with Crippen molar-refractivity contribution in [2.24, 2.45) is 0 Å². The van der Waals surface area contributed by atoms with Crippen molar-refractivity contribution < 1.29 is 14.3 Å². The normalized spacial score (nSPS) is 21.9. The van der Waals surface area contributed by atoms with E-state index in [2.05, 4.69) is 5.32 Å². The first-order valence-corrected chi connectivity index (χ1v) is 5.83. The third-order valence-electron chi connectivity index (χ3n) is 3.09. The van der Waals surface area contributed by atoms with Crippen molar-refractivity contribution in [2.75, 3.05) is 0 Å². The number of fused-ring (bicyclic) bond motifs is 1. The molecule has 4 heteroatoms. The minimum atomic E-state index is -0.419. The van der Waals surface area contributed by atoms with Crippen LogP contribution in [-0.2, 0) is 9.53 Å². The number of amides is 1. The second-order valence-electron chi connectivity index (χ2n) is 4.53. The summed E-state index contributed by atoms with van der Waals surface area (Å²) in [6.07, 6.45) is 1.93. The number of hydrogen-bond acceptors (Lipinski definition) is 3. The molecule has 88 valence electrons. The Labute approximate surface area is 99.0 Å². The first-order chi connectivity index (χ1) is 8.24. The Morgan fingerprint density at radius 1 is 1.35 bits per heavy atom. The molecule has 1 aromatic rings. The van der Waals surface area contributed by atoms with Crippen molar-refractivity contribution in [1.29, 1.82) is 0 Å². The number of carbonyl (C=O) groups is 2. The highest BCUT2D eigenvalue weighted by Gasteiger charge is 2.33. The summed E-state index contributed by atoms with van der Waals surface area (Å²) in [6.45, 7) is 0. The molecule has 2 aliphatic rings. The molecular weight excluding hydrogens is 218 g/mol. The van der Waals surface area contributed by atoms with Crippen LogP contribution in [0.1, 0.15) is 41.3 Å². The van der Waals surface area contributed by atoms with E-state index in [-0.39, 0.29) is 18.3 Å². The van der Waals surface area contributed by atoms with E-state index in [0.29, 0.717) is 11.6 Å². The third kappa shape index (κ3) is 2.02. The van der Waals surface area contributed by atoms with Gasteiger partial charge in [0.05, 0.1) is 12.0 Å². The van der Waals surface area contributed by atoms with Crippen LogP contribution < -0.4 is 5.32 Å². The van der Waals surface area contributed by atoms with E-state index in [9.17, 15) is 9.59 Å². The molecule has 1 aliphatic heterocycles. The van der Waals surface area contributed by atoms with Gasteiger partial charge in [-0.1, -0.05) is 18.2 Å². The lowest BCUT2D eigenvalue weighted by atomic mass is 10.0. The van der Waals surface area contributed by atoms with Crippen LogP contribution in [0.15, 0.2) is 24.3 Å². The van der Waals surface area contributed by atoms with Gasteiger partial charge in [0.2, 0.25) is 5.91 Å². The fourth-order valence-electron chi connectivity index (χ4n) is 2.05. The van der Waals surface area contributed by atoms with Crippen molar-refractivity contribution in [3.05, 3.63) is 35.4 Å². The molecule has 4 nitrogen and oxygen atoms in total. The van der Waals surface area contributed by atoms with Crippen LogP contribution in [0, 0.1) is 0 Å². The van der Waals surface area contributed by atoms with E-state index < -0.39 is 6.10 Å². The van der Waals surface area contributed by atoms with Gasteiger partial charge in [-0.05, 0) is 18.9 Å². The van der Waals surface area contributed by atoms with Gasteiger partial charge >= 0.3 is 5.97 Å². The van der Waals surface area contributed by atoms with Crippen molar-refractivity contribution in [3.8, 4) is 0 Å². The molecule has 0 aromatic heterocycles. The predicted octanol–water partition coefficient (Wildman–Crippen LogP) is 1.57. The summed E-state index contributed by atoms with van der Waals surface area (Å²) in [5, 5.41) is 2.90. The molecule has 1 atom stereocenters. The molecule has 1 unspecified atom stereocenters. The molecule has 1 aromatic carbocycles. The van der Waals surface area contributed by atoms with Gasteiger partial charge in [0, 0.05) is 11.6 Å². The zero-order valence-electron chi connectivity index (χ0n) is 9.31. The van der Waals surface area contributed by atoms with Crippen molar-refractivity contribution >= 4 is 11.9 Å². The number of ether oxygens (including phenoxy) is 1. The first-order valence-electron chi connectivity index (χ1n) is 5.83. The maximum absolute atomic E-state index is 11.7. The van der Waals surface area contributed by atoms with Gasteiger partial charge in [-0.15, -0.1) is 0 Å². The topological polar surface area (TPSA) is 55.4 Å². The Hall–Kier alpha value is -1.84. The molecule has 0 spiro atoms. The van der Waals surface area contributed by atoms with Gasteiger partial charge in [0.25, 0.3) is 0 Å². The molecule has 0 saturated heterocycles. The molecule has 1 N–H and O–H groups in total. The summed E-state index contributed by atoms with van der Waals surface area (Å²) in [4.78, 5) is 23.2. The lowest BCUT2D eigenvalue weighted by Gasteiger charge is -2.10. The molecule has 0 radical (unpaired) electrons. The summed E-state index contributed by atoms with van der Waals surface area (Å²) in [5.41, 5.74) is 1.40. The van der Waals surface area contributed by atoms with E-state index in [1.54, 1.807) is 12.1 Å². The fourth-order valence-corrected chi connectivity index (χ4v) is 2.05. The molecule has 1 fully saturated rings. The van der Waals surface area contributed by atoms with Crippen LogP contribution in [0.4, 0.5) is 0 Å².